The molecule has 0 spiro atoms. The van der Waals surface area contributed by atoms with E-state index >= 15 is 0 Å². The summed E-state index contributed by atoms with van der Waals surface area (Å²) >= 11 is 0. The van der Waals surface area contributed by atoms with Crippen LogP contribution in [0.15, 0.2) is 65.8 Å². The fourth-order valence-electron chi connectivity index (χ4n) is 3.47. The lowest BCUT2D eigenvalue weighted by Gasteiger charge is -2.33. The van der Waals surface area contributed by atoms with Crippen molar-refractivity contribution in [3.63, 3.8) is 0 Å². The van der Waals surface area contributed by atoms with E-state index in [-0.39, 0.29) is 11.5 Å². The summed E-state index contributed by atoms with van der Waals surface area (Å²) in [6.07, 6.45) is 1.65. The molecule has 0 amide bonds. The second-order valence-electron chi connectivity index (χ2n) is 6.86. The Labute approximate surface area is 158 Å². The lowest BCUT2D eigenvalue weighted by molar-refractivity contribution is 0.131. The SMILES string of the molecule is Oc1ccc(/C=N/N2CCN(Cc3cccc4ccccc34)CC2)c(O)c1. The van der Waals surface area contributed by atoms with Crippen molar-refractivity contribution in [3.8, 4) is 11.5 Å². The van der Waals surface area contributed by atoms with Gasteiger partial charge >= 0.3 is 0 Å². The molecule has 1 heterocycles. The van der Waals surface area contributed by atoms with E-state index in [1.165, 1.54) is 22.4 Å². The van der Waals surface area contributed by atoms with Gasteiger partial charge in [-0.15, -0.1) is 0 Å². The maximum absolute atomic E-state index is 9.84. The van der Waals surface area contributed by atoms with Gasteiger partial charge in [0, 0.05) is 44.4 Å². The molecule has 4 rings (SSSR count). The average Bonchev–Trinajstić information content (AvgIpc) is 2.69. The van der Waals surface area contributed by atoms with Gasteiger partial charge in [-0.3, -0.25) is 9.91 Å². The molecule has 138 valence electrons. The Hall–Kier alpha value is -3.05. The van der Waals surface area contributed by atoms with Crippen LogP contribution in [0, 0.1) is 0 Å². The topological polar surface area (TPSA) is 59.3 Å². The number of hydrogen-bond donors (Lipinski definition) is 2. The number of hydrogen-bond acceptors (Lipinski definition) is 5. The van der Waals surface area contributed by atoms with Crippen molar-refractivity contribution < 1.29 is 10.2 Å². The summed E-state index contributed by atoms with van der Waals surface area (Å²) in [5, 5.41) is 28.3. The fourth-order valence-corrected chi connectivity index (χ4v) is 3.47. The normalized spacial score (nSPS) is 15.6. The Balaban J connectivity index is 1.37. The third-order valence-corrected chi connectivity index (χ3v) is 5.00. The molecule has 2 N–H and O–H groups in total. The molecule has 1 saturated heterocycles. The van der Waals surface area contributed by atoms with E-state index < -0.39 is 0 Å². The molecule has 0 unspecified atom stereocenters. The van der Waals surface area contributed by atoms with Gasteiger partial charge < -0.3 is 10.2 Å². The summed E-state index contributed by atoms with van der Waals surface area (Å²) in [6.45, 7) is 4.53. The number of benzene rings is 3. The zero-order chi connectivity index (χ0) is 18.6. The standard InChI is InChI=1S/C22H23N3O2/c26-20-9-8-18(22(27)14-20)15-23-25-12-10-24(11-13-25)16-19-6-3-5-17-4-1-2-7-21(17)19/h1-9,14-15,26-27H,10-13,16H2/b23-15+. The monoisotopic (exact) mass is 361 g/mol. The summed E-state index contributed by atoms with van der Waals surface area (Å²) in [5.74, 6) is 0.0834. The van der Waals surface area contributed by atoms with Gasteiger partial charge in [0.2, 0.25) is 0 Å². The van der Waals surface area contributed by atoms with Crippen molar-refractivity contribution >= 4 is 17.0 Å². The van der Waals surface area contributed by atoms with Gasteiger partial charge in [-0.2, -0.15) is 5.10 Å². The van der Waals surface area contributed by atoms with E-state index in [0.29, 0.717) is 5.56 Å². The zero-order valence-corrected chi connectivity index (χ0v) is 15.1. The molecule has 0 atom stereocenters. The smallest absolute Gasteiger partial charge is 0.128 e. The van der Waals surface area contributed by atoms with Crippen LogP contribution in [0.25, 0.3) is 10.8 Å². The van der Waals surface area contributed by atoms with E-state index in [4.69, 9.17) is 0 Å². The summed E-state index contributed by atoms with van der Waals surface area (Å²) in [6, 6.07) is 19.5. The molecule has 0 aromatic heterocycles. The van der Waals surface area contributed by atoms with Crippen LogP contribution < -0.4 is 0 Å². The number of phenols is 2. The Morgan fingerprint density at radius 3 is 2.48 bits per heavy atom. The minimum Gasteiger partial charge on any atom is -0.508 e. The van der Waals surface area contributed by atoms with Crippen molar-refractivity contribution in [3.05, 3.63) is 71.8 Å². The molecular formula is C22H23N3O2. The predicted molar refractivity (Wildman–Crippen MR) is 108 cm³/mol. The first-order valence-electron chi connectivity index (χ1n) is 9.19. The fraction of sp³-hybridized carbons (Fsp3) is 0.227. The van der Waals surface area contributed by atoms with E-state index in [1.807, 2.05) is 5.01 Å². The highest BCUT2D eigenvalue weighted by molar-refractivity contribution is 5.85. The third kappa shape index (κ3) is 4.04. The van der Waals surface area contributed by atoms with Crippen molar-refractivity contribution in [2.75, 3.05) is 26.2 Å². The van der Waals surface area contributed by atoms with Gasteiger partial charge in [-0.1, -0.05) is 42.5 Å². The number of hydrazone groups is 1. The molecule has 5 heteroatoms. The molecule has 1 aliphatic rings. The van der Waals surface area contributed by atoms with Crippen LogP contribution in [-0.2, 0) is 6.54 Å². The van der Waals surface area contributed by atoms with Crippen LogP contribution in [-0.4, -0.2) is 52.5 Å². The summed E-state index contributed by atoms with van der Waals surface area (Å²) in [7, 11) is 0. The summed E-state index contributed by atoms with van der Waals surface area (Å²) in [5.41, 5.74) is 1.96. The van der Waals surface area contributed by atoms with E-state index in [0.717, 1.165) is 32.7 Å². The number of fused-ring (bicyclic) bond motifs is 1. The molecule has 3 aromatic carbocycles. The van der Waals surface area contributed by atoms with Gasteiger partial charge in [0.25, 0.3) is 0 Å². The highest BCUT2D eigenvalue weighted by Crippen LogP contribution is 2.22. The van der Waals surface area contributed by atoms with E-state index in [2.05, 4.69) is 52.5 Å². The molecule has 5 nitrogen and oxygen atoms in total. The van der Waals surface area contributed by atoms with Crippen LogP contribution >= 0.6 is 0 Å². The van der Waals surface area contributed by atoms with Crippen LogP contribution in [0.5, 0.6) is 11.5 Å². The lowest BCUT2D eigenvalue weighted by atomic mass is 10.0. The van der Waals surface area contributed by atoms with E-state index in [9.17, 15) is 10.2 Å². The van der Waals surface area contributed by atoms with Crippen LogP contribution in [0.3, 0.4) is 0 Å². The van der Waals surface area contributed by atoms with Gasteiger partial charge in [0.05, 0.1) is 6.21 Å². The average molecular weight is 361 g/mol. The first-order chi connectivity index (χ1) is 13.2. The Kier molecular flexibility index (Phi) is 4.94. The Morgan fingerprint density at radius 2 is 1.67 bits per heavy atom. The van der Waals surface area contributed by atoms with Gasteiger partial charge in [0.15, 0.2) is 0 Å². The summed E-state index contributed by atoms with van der Waals surface area (Å²) < 4.78 is 0. The van der Waals surface area contributed by atoms with Gasteiger partial charge in [-0.25, -0.2) is 0 Å². The molecule has 0 aliphatic carbocycles. The lowest BCUT2D eigenvalue weighted by Crippen LogP contribution is -2.43. The highest BCUT2D eigenvalue weighted by Gasteiger charge is 2.16. The van der Waals surface area contributed by atoms with Crippen molar-refractivity contribution in [1.82, 2.24) is 9.91 Å². The molecule has 3 aromatic rings. The number of phenolic OH excluding ortho intramolecular Hbond substituents is 2. The second kappa shape index (κ2) is 7.68. The maximum Gasteiger partial charge on any atom is 0.128 e. The number of rotatable bonds is 4. The highest BCUT2D eigenvalue weighted by atomic mass is 16.3. The van der Waals surface area contributed by atoms with Crippen molar-refractivity contribution in [1.29, 1.82) is 0 Å². The number of piperazine rings is 1. The second-order valence-corrected chi connectivity index (χ2v) is 6.86. The molecule has 27 heavy (non-hydrogen) atoms. The zero-order valence-electron chi connectivity index (χ0n) is 15.1. The number of aromatic hydroxyl groups is 2. The molecule has 0 radical (unpaired) electrons. The Bertz CT molecular complexity index is 957. The van der Waals surface area contributed by atoms with Gasteiger partial charge in [0.1, 0.15) is 11.5 Å². The largest absolute Gasteiger partial charge is 0.508 e. The molecule has 1 aliphatic heterocycles. The van der Waals surface area contributed by atoms with Crippen LogP contribution in [0.2, 0.25) is 0 Å². The summed E-state index contributed by atoms with van der Waals surface area (Å²) in [4.78, 5) is 2.45. The van der Waals surface area contributed by atoms with Crippen LogP contribution in [0.4, 0.5) is 0 Å². The quantitative estimate of drug-likeness (QED) is 0.699. The molecule has 1 fully saturated rings. The number of nitrogens with zero attached hydrogens (tertiary/aromatic N) is 3. The van der Waals surface area contributed by atoms with Crippen molar-refractivity contribution in [2.45, 2.75) is 6.54 Å². The molecular weight excluding hydrogens is 338 g/mol. The minimum atomic E-state index is 0.0355. The third-order valence-electron chi connectivity index (χ3n) is 5.00. The first-order valence-corrected chi connectivity index (χ1v) is 9.19. The van der Waals surface area contributed by atoms with E-state index in [1.54, 1.807) is 18.3 Å². The predicted octanol–water partition coefficient (Wildman–Crippen LogP) is 3.40. The van der Waals surface area contributed by atoms with Crippen molar-refractivity contribution in [2.24, 2.45) is 5.10 Å². The molecule has 0 saturated carbocycles. The van der Waals surface area contributed by atoms with Crippen LogP contribution in [0.1, 0.15) is 11.1 Å². The Morgan fingerprint density at radius 1 is 0.889 bits per heavy atom. The van der Waals surface area contributed by atoms with Gasteiger partial charge in [-0.05, 0) is 28.5 Å². The minimum absolute atomic E-state index is 0.0355. The first kappa shape index (κ1) is 17.4. The maximum atomic E-state index is 9.84. The molecule has 0 bridgehead atoms.